The van der Waals surface area contributed by atoms with Gasteiger partial charge in [0.1, 0.15) is 0 Å². The van der Waals surface area contributed by atoms with Crippen molar-refractivity contribution in [3.8, 4) is 0 Å². The maximum atomic E-state index is 2.48. The predicted molar refractivity (Wildman–Crippen MR) is 74.5 cm³/mol. The molecule has 0 aromatic rings. The Morgan fingerprint density at radius 1 is 0.857 bits per heavy atom. The third kappa shape index (κ3) is 5.41. The van der Waals surface area contributed by atoms with E-state index in [4.69, 9.17) is 0 Å². The van der Waals surface area contributed by atoms with E-state index in [0.29, 0.717) is 0 Å². The van der Waals surface area contributed by atoms with Gasteiger partial charge in [0, 0.05) is 0 Å². The van der Waals surface area contributed by atoms with Crippen molar-refractivity contribution in [2.75, 3.05) is 0 Å². The number of allylic oxidation sites excluding steroid dienone is 3. The predicted octanol–water partition coefficient (Wildman–Crippen LogP) is 3.81. The van der Waals surface area contributed by atoms with E-state index in [1.54, 1.807) is 0 Å². The van der Waals surface area contributed by atoms with Gasteiger partial charge < -0.3 is 0 Å². The summed E-state index contributed by atoms with van der Waals surface area (Å²) in [5.41, 5.74) is 0. The summed E-state index contributed by atoms with van der Waals surface area (Å²) in [4.78, 5) is 0. The van der Waals surface area contributed by atoms with Crippen molar-refractivity contribution >= 4 is 33.9 Å². The molecule has 0 fully saturated rings. The van der Waals surface area contributed by atoms with Crippen LogP contribution in [0.4, 0.5) is 0 Å². The monoisotopic (exact) mass is 218 g/mol. The van der Waals surface area contributed by atoms with E-state index in [-0.39, 0.29) is 0 Å². The standard InChI is InChI=1S/C11H23Si2.Li/c1-8-9-10-11(12(2,3)4)13(5,6)7;/h1,8-11H,2-7H3;. The van der Waals surface area contributed by atoms with Crippen LogP contribution in [0.25, 0.3) is 0 Å². The van der Waals surface area contributed by atoms with E-state index in [1.807, 2.05) is 0 Å². The Morgan fingerprint density at radius 3 is 1.57 bits per heavy atom. The van der Waals surface area contributed by atoms with Crippen LogP contribution in [0.1, 0.15) is 0 Å². The van der Waals surface area contributed by atoms with Crippen molar-refractivity contribution in [3.05, 3.63) is 23.0 Å². The van der Waals surface area contributed by atoms with Gasteiger partial charge in [-0.3, -0.25) is 0 Å². The first-order valence-electron chi connectivity index (χ1n) is 5.49. The average molecular weight is 218 g/mol. The molecule has 0 nitrogen and oxygen atoms in total. The number of hydrogen-bond acceptors (Lipinski definition) is 0. The molecule has 0 atom stereocenters. The summed E-state index contributed by atoms with van der Waals surface area (Å²) in [5.74, 6) is 0. The molecule has 0 aromatic heterocycles. The van der Waals surface area contributed by atoms with Gasteiger partial charge in [0.05, 0.1) is 0 Å². The van der Waals surface area contributed by atoms with Gasteiger partial charge in [-0.25, -0.2) is 0 Å². The molecular weight excluding hydrogens is 195 g/mol. The Balaban J connectivity index is 4.76. The molecule has 3 heteroatoms. The van der Waals surface area contributed by atoms with E-state index in [0.717, 1.165) is 5.16 Å². The van der Waals surface area contributed by atoms with Crippen LogP contribution in [-0.4, -0.2) is 33.9 Å². The number of hydrogen-bond donors (Lipinski definition) is 0. The molecule has 0 heterocycles. The van der Waals surface area contributed by atoms with Crippen LogP contribution in [0, 0.1) is 0 Å². The zero-order chi connectivity index (χ0) is 11.4. The molecule has 0 saturated heterocycles. The van der Waals surface area contributed by atoms with Gasteiger partial charge in [0.2, 0.25) is 0 Å². The normalized spacial score (nSPS) is 14.9. The molecule has 0 amide bonds. The molecule has 0 aliphatic carbocycles. The molecule has 0 aliphatic heterocycles. The Bertz CT molecular complexity index is 204. The fraction of sp³-hybridized carbons (Fsp3) is 0.636. The van der Waals surface area contributed by atoms with Gasteiger partial charge in [-0.15, -0.1) is 0 Å². The van der Waals surface area contributed by atoms with Gasteiger partial charge in [-0.1, -0.05) is 0 Å². The van der Waals surface area contributed by atoms with Gasteiger partial charge in [0.25, 0.3) is 0 Å². The second-order valence-electron chi connectivity index (χ2n) is 6.12. The molecule has 0 aromatic carbocycles. The zero-order valence-electron chi connectivity index (χ0n) is 10.9. The fourth-order valence-electron chi connectivity index (χ4n) is 2.16. The van der Waals surface area contributed by atoms with Crippen molar-refractivity contribution < 1.29 is 0 Å². The van der Waals surface area contributed by atoms with Crippen molar-refractivity contribution in [1.82, 2.24) is 0 Å². The van der Waals surface area contributed by atoms with E-state index < -0.39 is 16.1 Å². The molecule has 76 valence electrons. The van der Waals surface area contributed by atoms with E-state index in [2.05, 4.69) is 80.0 Å². The zero-order valence-corrected chi connectivity index (χ0v) is 12.9. The molecule has 0 bridgehead atoms. The first kappa shape index (κ1) is 14.5. The SMILES string of the molecule is [Li][CH]=CC=CC([Si](C)(C)C)[Si](C)(C)C. The molecule has 0 spiro atoms. The Labute approximate surface area is 101 Å². The van der Waals surface area contributed by atoms with Crippen molar-refractivity contribution in [2.45, 2.75) is 44.4 Å². The van der Waals surface area contributed by atoms with Crippen LogP contribution < -0.4 is 0 Å². The molecule has 0 rings (SSSR count). The molecular formula is C11H23LiSi2. The summed E-state index contributed by atoms with van der Waals surface area (Å²) in [5, 5.41) is 0.881. The summed E-state index contributed by atoms with van der Waals surface area (Å²) >= 11 is 2.07. The Hall–Kier alpha value is 0.511. The summed E-state index contributed by atoms with van der Waals surface area (Å²) in [6.45, 7) is 14.9. The third-order valence-electron chi connectivity index (χ3n) is 2.47. The maximum absolute atomic E-state index is 2.48. The first-order chi connectivity index (χ1) is 6.19. The van der Waals surface area contributed by atoms with Gasteiger partial charge in [-0.2, -0.15) is 0 Å². The van der Waals surface area contributed by atoms with E-state index in [9.17, 15) is 0 Å². The van der Waals surface area contributed by atoms with Gasteiger partial charge in [0.15, 0.2) is 0 Å². The van der Waals surface area contributed by atoms with Crippen LogP contribution in [0.3, 0.4) is 0 Å². The second-order valence-corrected chi connectivity index (χ2v) is 17.4. The topological polar surface area (TPSA) is 0 Å². The molecule has 0 radical (unpaired) electrons. The van der Waals surface area contributed by atoms with Crippen LogP contribution >= 0.6 is 0 Å². The first-order valence-corrected chi connectivity index (χ1v) is 12.6. The summed E-state index contributed by atoms with van der Waals surface area (Å²) in [6, 6.07) is 0. The second kappa shape index (κ2) is 5.56. The van der Waals surface area contributed by atoms with E-state index in [1.165, 1.54) is 0 Å². The number of rotatable bonds is 4. The van der Waals surface area contributed by atoms with Crippen molar-refractivity contribution in [1.29, 1.82) is 0 Å². The Morgan fingerprint density at radius 2 is 1.29 bits per heavy atom. The molecule has 14 heavy (non-hydrogen) atoms. The summed E-state index contributed by atoms with van der Waals surface area (Å²) in [7, 11) is -2.06. The molecule has 0 N–H and O–H groups in total. The minimum absolute atomic E-state index is 0.881. The van der Waals surface area contributed by atoms with E-state index >= 15 is 0 Å². The van der Waals surface area contributed by atoms with Crippen LogP contribution in [-0.2, 0) is 0 Å². The van der Waals surface area contributed by atoms with Gasteiger partial charge >= 0.3 is 101 Å². The molecule has 0 saturated carbocycles. The molecule has 0 aliphatic rings. The fourth-order valence-corrected chi connectivity index (χ4v) is 13.9. The average Bonchev–Trinajstić information content (AvgIpc) is 1.92. The summed E-state index contributed by atoms with van der Waals surface area (Å²) < 4.78 is 2.10. The van der Waals surface area contributed by atoms with Crippen molar-refractivity contribution in [2.24, 2.45) is 0 Å². The van der Waals surface area contributed by atoms with Crippen molar-refractivity contribution in [3.63, 3.8) is 0 Å². The van der Waals surface area contributed by atoms with Gasteiger partial charge in [-0.05, 0) is 0 Å². The third-order valence-corrected chi connectivity index (χ3v) is 11.8. The quantitative estimate of drug-likeness (QED) is 0.497. The van der Waals surface area contributed by atoms with Crippen LogP contribution in [0.2, 0.25) is 44.4 Å². The Kier molecular flexibility index (Phi) is 5.76. The van der Waals surface area contributed by atoms with Crippen LogP contribution in [0.15, 0.2) is 23.0 Å². The summed E-state index contributed by atoms with van der Waals surface area (Å²) in [6.07, 6.45) is 6.84. The minimum atomic E-state index is -1.03. The molecule has 0 unspecified atom stereocenters. The van der Waals surface area contributed by atoms with Crippen LogP contribution in [0.5, 0.6) is 0 Å².